The summed E-state index contributed by atoms with van der Waals surface area (Å²) < 4.78 is 25.7. The molecule has 2 rings (SSSR count). The Morgan fingerprint density at radius 2 is 2.00 bits per heavy atom. The van der Waals surface area contributed by atoms with Crippen molar-refractivity contribution in [1.29, 1.82) is 0 Å². The molecule has 0 aromatic carbocycles. The quantitative estimate of drug-likeness (QED) is 0.709. The Bertz CT molecular complexity index is 307. The summed E-state index contributed by atoms with van der Waals surface area (Å²) >= 11 is 5.77. The van der Waals surface area contributed by atoms with E-state index in [9.17, 15) is 8.42 Å². The largest absolute Gasteiger partial charge is 0.215 e. The molecule has 1 N–H and O–H groups in total. The summed E-state index contributed by atoms with van der Waals surface area (Å²) in [5.41, 5.74) is 0.0815. The summed E-state index contributed by atoms with van der Waals surface area (Å²) in [6.07, 6.45) is 4.26. The van der Waals surface area contributed by atoms with Gasteiger partial charge in [0.15, 0.2) is 0 Å². The van der Waals surface area contributed by atoms with Crippen LogP contribution in [-0.2, 0) is 10.0 Å². The van der Waals surface area contributed by atoms with Crippen molar-refractivity contribution < 1.29 is 8.42 Å². The number of rotatable bonds is 6. The molecule has 5 heteroatoms. The lowest BCUT2D eigenvalue weighted by Crippen LogP contribution is -2.33. The van der Waals surface area contributed by atoms with Crippen LogP contribution in [0.3, 0.4) is 0 Å². The molecule has 0 aromatic heterocycles. The van der Waals surface area contributed by atoms with Gasteiger partial charge >= 0.3 is 0 Å². The van der Waals surface area contributed by atoms with Gasteiger partial charge in [-0.2, -0.15) is 0 Å². The molecule has 82 valence electrons. The molecule has 2 saturated carbocycles. The van der Waals surface area contributed by atoms with Gasteiger partial charge in [0.05, 0.1) is 5.75 Å². The first-order chi connectivity index (χ1) is 6.55. The topological polar surface area (TPSA) is 46.2 Å². The standard InChI is InChI=1S/C9H16ClNO2S/c10-6-9(3-4-9)7-11-14(12,13)5-8-1-2-8/h8,11H,1-7H2. The molecule has 0 aromatic rings. The Morgan fingerprint density at radius 1 is 1.36 bits per heavy atom. The lowest BCUT2D eigenvalue weighted by molar-refractivity contribution is 0.532. The van der Waals surface area contributed by atoms with E-state index in [0.717, 1.165) is 25.7 Å². The summed E-state index contributed by atoms with van der Waals surface area (Å²) in [5.74, 6) is 1.29. The van der Waals surface area contributed by atoms with Crippen LogP contribution in [0.4, 0.5) is 0 Å². The highest BCUT2D eigenvalue weighted by Crippen LogP contribution is 2.46. The molecule has 2 aliphatic rings. The first kappa shape index (κ1) is 10.7. The van der Waals surface area contributed by atoms with Gasteiger partial charge in [-0.05, 0) is 37.0 Å². The molecule has 0 radical (unpaired) electrons. The van der Waals surface area contributed by atoms with Gasteiger partial charge in [0.25, 0.3) is 0 Å². The average Bonchev–Trinajstić information content (AvgIpc) is 2.96. The van der Waals surface area contributed by atoms with Gasteiger partial charge in [-0.15, -0.1) is 11.6 Å². The van der Waals surface area contributed by atoms with Gasteiger partial charge < -0.3 is 0 Å². The number of halogens is 1. The van der Waals surface area contributed by atoms with Gasteiger partial charge in [0.2, 0.25) is 10.0 Å². The van der Waals surface area contributed by atoms with Crippen molar-refractivity contribution in [3.8, 4) is 0 Å². The Hall–Kier alpha value is 0.200. The highest BCUT2D eigenvalue weighted by atomic mass is 35.5. The molecule has 0 atom stereocenters. The van der Waals surface area contributed by atoms with Crippen LogP contribution in [0.2, 0.25) is 0 Å². The molecular formula is C9H16ClNO2S. The Balaban J connectivity index is 1.78. The second-order valence-corrected chi connectivity index (χ2v) is 6.80. The van der Waals surface area contributed by atoms with Crippen LogP contribution in [0, 0.1) is 11.3 Å². The van der Waals surface area contributed by atoms with E-state index in [-0.39, 0.29) is 5.41 Å². The molecule has 0 spiro atoms. The number of sulfonamides is 1. The molecule has 0 bridgehead atoms. The molecule has 0 unspecified atom stereocenters. The lowest BCUT2D eigenvalue weighted by atomic mass is 10.1. The van der Waals surface area contributed by atoms with Crippen molar-refractivity contribution in [3.05, 3.63) is 0 Å². The van der Waals surface area contributed by atoms with Gasteiger partial charge in [-0.25, -0.2) is 13.1 Å². The average molecular weight is 238 g/mol. The molecule has 3 nitrogen and oxygen atoms in total. The summed E-state index contributed by atoms with van der Waals surface area (Å²) in [6.45, 7) is 0.533. The SMILES string of the molecule is O=S(=O)(CC1CC1)NCC1(CCl)CC1. The van der Waals surface area contributed by atoms with Crippen LogP contribution in [-0.4, -0.2) is 26.6 Å². The predicted molar refractivity (Wildman–Crippen MR) is 56.9 cm³/mol. The van der Waals surface area contributed by atoms with E-state index in [0.29, 0.717) is 24.1 Å². The summed E-state index contributed by atoms with van der Waals surface area (Å²) in [7, 11) is -3.03. The second kappa shape index (κ2) is 3.65. The van der Waals surface area contributed by atoms with Crippen molar-refractivity contribution in [3.63, 3.8) is 0 Å². The lowest BCUT2D eigenvalue weighted by Gasteiger charge is -2.12. The number of hydrogen-bond acceptors (Lipinski definition) is 2. The van der Waals surface area contributed by atoms with E-state index in [1.165, 1.54) is 0 Å². The van der Waals surface area contributed by atoms with Crippen LogP contribution >= 0.6 is 11.6 Å². The van der Waals surface area contributed by atoms with Crippen LogP contribution in [0.25, 0.3) is 0 Å². The fourth-order valence-electron chi connectivity index (χ4n) is 1.45. The summed E-state index contributed by atoms with van der Waals surface area (Å²) in [4.78, 5) is 0. The van der Waals surface area contributed by atoms with Crippen molar-refractivity contribution in [2.75, 3.05) is 18.2 Å². The van der Waals surface area contributed by atoms with E-state index in [1.54, 1.807) is 0 Å². The minimum Gasteiger partial charge on any atom is -0.215 e. The van der Waals surface area contributed by atoms with Crippen LogP contribution in [0.15, 0.2) is 0 Å². The van der Waals surface area contributed by atoms with Crippen molar-refractivity contribution in [2.45, 2.75) is 25.7 Å². The third-order valence-electron chi connectivity index (χ3n) is 3.06. The normalized spacial score (nSPS) is 24.9. The molecule has 0 amide bonds. The Labute approximate surface area is 90.3 Å². The Kier molecular flexibility index (Phi) is 2.79. The predicted octanol–water partition coefficient (Wildman–Crippen LogP) is 1.33. The second-order valence-electron chi connectivity index (χ2n) is 4.68. The highest BCUT2D eigenvalue weighted by molar-refractivity contribution is 7.89. The maximum atomic E-state index is 11.5. The van der Waals surface area contributed by atoms with E-state index < -0.39 is 10.0 Å². The fourth-order valence-corrected chi connectivity index (χ4v) is 3.41. The van der Waals surface area contributed by atoms with Crippen LogP contribution < -0.4 is 4.72 Å². The van der Waals surface area contributed by atoms with E-state index >= 15 is 0 Å². The van der Waals surface area contributed by atoms with Crippen LogP contribution in [0.1, 0.15) is 25.7 Å². The van der Waals surface area contributed by atoms with Gasteiger partial charge in [0.1, 0.15) is 0 Å². The zero-order chi connectivity index (χ0) is 10.2. The minimum atomic E-state index is -3.03. The molecule has 0 aliphatic heterocycles. The van der Waals surface area contributed by atoms with Crippen molar-refractivity contribution in [2.24, 2.45) is 11.3 Å². The van der Waals surface area contributed by atoms with Crippen LogP contribution in [0.5, 0.6) is 0 Å². The monoisotopic (exact) mass is 237 g/mol. The molecule has 0 heterocycles. The third-order valence-corrected chi connectivity index (χ3v) is 5.12. The smallest absolute Gasteiger partial charge is 0.211 e. The summed E-state index contributed by atoms with van der Waals surface area (Å²) in [6, 6.07) is 0. The van der Waals surface area contributed by atoms with E-state index in [4.69, 9.17) is 11.6 Å². The maximum Gasteiger partial charge on any atom is 0.211 e. The first-order valence-corrected chi connectivity index (χ1v) is 7.27. The van der Waals surface area contributed by atoms with Gasteiger partial charge in [-0.3, -0.25) is 0 Å². The zero-order valence-corrected chi connectivity index (χ0v) is 9.70. The highest BCUT2D eigenvalue weighted by Gasteiger charge is 2.42. The van der Waals surface area contributed by atoms with Crippen molar-refractivity contribution >= 4 is 21.6 Å². The van der Waals surface area contributed by atoms with E-state index in [2.05, 4.69) is 4.72 Å². The van der Waals surface area contributed by atoms with E-state index in [1.807, 2.05) is 0 Å². The number of nitrogens with one attached hydrogen (secondary N) is 1. The molecule has 14 heavy (non-hydrogen) atoms. The Morgan fingerprint density at radius 3 is 2.43 bits per heavy atom. The maximum absolute atomic E-state index is 11.5. The molecule has 2 aliphatic carbocycles. The van der Waals surface area contributed by atoms with Crippen molar-refractivity contribution in [1.82, 2.24) is 4.72 Å². The molecular weight excluding hydrogens is 222 g/mol. The first-order valence-electron chi connectivity index (χ1n) is 5.09. The molecule has 0 saturated heterocycles. The van der Waals surface area contributed by atoms with Gasteiger partial charge in [0, 0.05) is 12.4 Å². The fraction of sp³-hybridized carbons (Fsp3) is 1.00. The minimum absolute atomic E-state index is 0.0815. The zero-order valence-electron chi connectivity index (χ0n) is 8.13. The third kappa shape index (κ3) is 2.84. The number of hydrogen-bond donors (Lipinski definition) is 1. The summed E-state index contributed by atoms with van der Waals surface area (Å²) in [5, 5.41) is 0. The van der Waals surface area contributed by atoms with Gasteiger partial charge in [-0.1, -0.05) is 0 Å². The number of alkyl halides is 1. The molecule has 2 fully saturated rings.